The van der Waals surface area contributed by atoms with E-state index in [0.717, 1.165) is 0 Å². The van der Waals surface area contributed by atoms with Crippen LogP contribution in [0.25, 0.3) is 0 Å². The summed E-state index contributed by atoms with van der Waals surface area (Å²) < 4.78 is 0. The van der Waals surface area contributed by atoms with Crippen molar-refractivity contribution < 1.29 is 51.1 Å². The topological polar surface area (TPSA) is 115 Å². The molecule has 0 saturated heterocycles. The molecule has 0 amide bonds. The number of hydrogen-bond donors (Lipinski definition) is 4. The molecule has 6 nitrogen and oxygen atoms in total. The quantitative estimate of drug-likeness (QED) is 0.469. The molecule has 2 atom stereocenters. The van der Waals surface area contributed by atoms with E-state index < -0.39 is 24.1 Å². The van der Waals surface area contributed by atoms with Gasteiger partial charge in [-0.1, -0.05) is 0 Å². The first kappa shape index (κ1) is 13.2. The number of rotatable bonds is 3. The Morgan fingerprint density at radius 1 is 0.909 bits per heavy atom. The summed E-state index contributed by atoms with van der Waals surface area (Å²) in [5.74, 6) is -3.54. The summed E-state index contributed by atoms with van der Waals surface area (Å²) in [7, 11) is 0. The molecule has 0 rings (SSSR count). The van der Waals surface area contributed by atoms with Crippen LogP contribution in [0.5, 0.6) is 0 Å². The zero-order valence-corrected chi connectivity index (χ0v) is 8.10. The fourth-order valence-electron chi connectivity index (χ4n) is 0.270. The largest absolute Gasteiger partial charge is 0.479 e. The van der Waals surface area contributed by atoms with E-state index in [0.29, 0.717) is 0 Å². The number of carboxylic acid groups (broad SMARTS) is 2. The molecule has 0 aliphatic heterocycles. The zero-order chi connectivity index (χ0) is 8.31. The second kappa shape index (κ2) is 5.23. The summed E-state index contributed by atoms with van der Waals surface area (Å²) in [5, 5.41) is 32.5. The second-order valence-electron chi connectivity index (χ2n) is 1.57. The van der Waals surface area contributed by atoms with Gasteiger partial charge in [-0.25, -0.2) is 9.59 Å². The van der Waals surface area contributed by atoms with Crippen molar-refractivity contribution in [2.45, 2.75) is 12.2 Å². The van der Waals surface area contributed by atoms with Gasteiger partial charge in [0.1, 0.15) is 0 Å². The van der Waals surface area contributed by atoms with E-state index in [1.165, 1.54) is 0 Å². The molecule has 7 heteroatoms. The standard InChI is InChI=1S/C4H6O6.W/c5-1(3(7)8)2(6)4(9)10;/h1-2,5-6H,(H,7,8)(H,9,10);/t1-,2-;/m1./s1. The molecule has 0 aromatic heterocycles. The maximum Gasteiger partial charge on any atom is 0.335 e. The Morgan fingerprint density at radius 3 is 1.18 bits per heavy atom. The molecular formula is C4H6O6W. The smallest absolute Gasteiger partial charge is 0.335 e. The average Bonchev–Trinajstić information content (AvgIpc) is 1.84. The number of aliphatic carboxylic acids is 2. The Labute approximate surface area is 75.7 Å². The van der Waals surface area contributed by atoms with Crippen molar-refractivity contribution in [1.82, 2.24) is 0 Å². The predicted octanol–water partition coefficient (Wildman–Crippen LogP) is -2.13. The van der Waals surface area contributed by atoms with E-state index in [1.54, 1.807) is 0 Å². The van der Waals surface area contributed by atoms with Gasteiger partial charge >= 0.3 is 11.9 Å². The summed E-state index contributed by atoms with van der Waals surface area (Å²) in [6.45, 7) is 0. The molecule has 0 aliphatic carbocycles. The number of carbonyl (C=O) groups is 2. The molecular weight excluding hydrogens is 328 g/mol. The van der Waals surface area contributed by atoms with E-state index in [-0.39, 0.29) is 21.1 Å². The van der Waals surface area contributed by atoms with Crippen LogP contribution in [0, 0.1) is 0 Å². The van der Waals surface area contributed by atoms with Crippen molar-refractivity contribution >= 4 is 11.9 Å². The van der Waals surface area contributed by atoms with Crippen LogP contribution < -0.4 is 0 Å². The molecule has 64 valence electrons. The first-order valence-corrected chi connectivity index (χ1v) is 2.28. The zero-order valence-electron chi connectivity index (χ0n) is 5.17. The summed E-state index contributed by atoms with van der Waals surface area (Å²) in [6, 6.07) is 0. The molecule has 0 heterocycles. The Kier molecular flexibility index (Phi) is 6.26. The van der Waals surface area contributed by atoms with Gasteiger partial charge in [0.05, 0.1) is 0 Å². The maximum absolute atomic E-state index is 9.77. The number of aliphatic hydroxyl groups excluding tert-OH is 2. The van der Waals surface area contributed by atoms with Gasteiger partial charge in [-0.05, 0) is 0 Å². The van der Waals surface area contributed by atoms with Crippen LogP contribution in [0.15, 0.2) is 0 Å². The second-order valence-corrected chi connectivity index (χ2v) is 1.57. The molecule has 0 bridgehead atoms. The first-order valence-electron chi connectivity index (χ1n) is 2.28. The number of carboxylic acids is 2. The average molecular weight is 334 g/mol. The molecule has 11 heavy (non-hydrogen) atoms. The Morgan fingerprint density at radius 2 is 1.09 bits per heavy atom. The Bertz CT molecular complexity index is 139. The predicted molar refractivity (Wildman–Crippen MR) is 27.3 cm³/mol. The fraction of sp³-hybridized carbons (Fsp3) is 0.500. The van der Waals surface area contributed by atoms with Crippen molar-refractivity contribution in [2.24, 2.45) is 0 Å². The van der Waals surface area contributed by atoms with Gasteiger partial charge in [-0.2, -0.15) is 0 Å². The van der Waals surface area contributed by atoms with Crippen molar-refractivity contribution in [3.63, 3.8) is 0 Å². The Hall–Kier alpha value is -0.452. The van der Waals surface area contributed by atoms with Crippen molar-refractivity contribution in [1.29, 1.82) is 0 Å². The third kappa shape index (κ3) is 4.08. The maximum atomic E-state index is 9.77. The van der Waals surface area contributed by atoms with Crippen molar-refractivity contribution in [3.8, 4) is 0 Å². The molecule has 0 radical (unpaired) electrons. The van der Waals surface area contributed by atoms with Gasteiger partial charge in [0.25, 0.3) is 0 Å². The third-order valence-corrected chi connectivity index (χ3v) is 0.805. The van der Waals surface area contributed by atoms with Crippen LogP contribution in [0.4, 0.5) is 0 Å². The summed E-state index contributed by atoms with van der Waals surface area (Å²) >= 11 is 0. The van der Waals surface area contributed by atoms with Gasteiger partial charge in [0, 0.05) is 21.1 Å². The van der Waals surface area contributed by atoms with Crippen LogP contribution >= 0.6 is 0 Å². The summed E-state index contributed by atoms with van der Waals surface area (Å²) in [4.78, 5) is 19.5. The summed E-state index contributed by atoms with van der Waals surface area (Å²) in [6.07, 6.45) is -4.53. The van der Waals surface area contributed by atoms with Gasteiger partial charge in [0.15, 0.2) is 12.2 Å². The fourth-order valence-corrected chi connectivity index (χ4v) is 0.270. The molecule has 0 aliphatic rings. The van der Waals surface area contributed by atoms with E-state index in [1.807, 2.05) is 0 Å². The molecule has 4 N–H and O–H groups in total. The minimum absolute atomic E-state index is 0. The van der Waals surface area contributed by atoms with Crippen molar-refractivity contribution in [3.05, 3.63) is 0 Å². The van der Waals surface area contributed by atoms with Crippen LogP contribution in [-0.2, 0) is 30.7 Å². The SMILES string of the molecule is O=C(O)[C@H](O)[C@@H](O)C(=O)O.[W]. The van der Waals surface area contributed by atoms with Crippen LogP contribution in [0.2, 0.25) is 0 Å². The van der Waals surface area contributed by atoms with Crippen LogP contribution in [0.1, 0.15) is 0 Å². The minimum Gasteiger partial charge on any atom is -0.479 e. The number of hydrogen-bond acceptors (Lipinski definition) is 4. The van der Waals surface area contributed by atoms with E-state index >= 15 is 0 Å². The van der Waals surface area contributed by atoms with Gasteiger partial charge < -0.3 is 20.4 Å². The minimum atomic E-state index is -2.27. The number of aliphatic hydroxyl groups is 2. The van der Waals surface area contributed by atoms with E-state index in [4.69, 9.17) is 20.4 Å². The van der Waals surface area contributed by atoms with Gasteiger partial charge in [0.2, 0.25) is 0 Å². The molecule has 0 unspecified atom stereocenters. The molecule has 0 aromatic rings. The van der Waals surface area contributed by atoms with Crippen molar-refractivity contribution in [2.75, 3.05) is 0 Å². The molecule has 0 fully saturated rings. The van der Waals surface area contributed by atoms with E-state index in [9.17, 15) is 9.59 Å². The molecule has 0 saturated carbocycles. The molecule has 0 aromatic carbocycles. The monoisotopic (exact) mass is 334 g/mol. The van der Waals surface area contributed by atoms with Gasteiger partial charge in [-0.3, -0.25) is 0 Å². The first-order chi connectivity index (χ1) is 4.46. The third-order valence-electron chi connectivity index (χ3n) is 0.805. The Balaban J connectivity index is 0. The van der Waals surface area contributed by atoms with Gasteiger partial charge in [-0.15, -0.1) is 0 Å². The van der Waals surface area contributed by atoms with Crippen LogP contribution in [-0.4, -0.2) is 44.6 Å². The van der Waals surface area contributed by atoms with E-state index in [2.05, 4.69) is 0 Å². The summed E-state index contributed by atoms with van der Waals surface area (Å²) in [5.41, 5.74) is 0. The van der Waals surface area contributed by atoms with Crippen LogP contribution in [0.3, 0.4) is 0 Å². The normalized spacial score (nSPS) is 14.4. The molecule has 0 spiro atoms.